The molecule has 0 unspecified atom stereocenters. The fourth-order valence-corrected chi connectivity index (χ4v) is 2.40. The molecular formula is C14H17FN4O. The first-order chi connectivity index (χ1) is 9.61. The van der Waals surface area contributed by atoms with Gasteiger partial charge in [-0.05, 0) is 34.8 Å². The van der Waals surface area contributed by atoms with Crippen molar-refractivity contribution in [3.8, 4) is 0 Å². The van der Waals surface area contributed by atoms with E-state index < -0.39 is 0 Å². The van der Waals surface area contributed by atoms with E-state index in [4.69, 9.17) is 4.52 Å². The fourth-order valence-electron chi connectivity index (χ4n) is 2.40. The highest BCUT2D eigenvalue weighted by atomic mass is 19.1. The minimum absolute atomic E-state index is 0.162. The largest absolute Gasteiger partial charge is 0.344 e. The zero-order chi connectivity index (χ0) is 14.1. The summed E-state index contributed by atoms with van der Waals surface area (Å²) in [6.45, 7) is 2.28. The van der Waals surface area contributed by atoms with Gasteiger partial charge in [-0.3, -0.25) is 4.90 Å². The maximum absolute atomic E-state index is 13.2. The lowest BCUT2D eigenvalue weighted by Gasteiger charge is -2.27. The zero-order valence-electron chi connectivity index (χ0n) is 11.6. The van der Waals surface area contributed by atoms with Crippen molar-refractivity contribution in [2.45, 2.75) is 19.5 Å². The highest BCUT2D eigenvalue weighted by molar-refractivity contribution is 5.30. The van der Waals surface area contributed by atoms with Gasteiger partial charge in [0.2, 0.25) is 5.89 Å². The first-order valence-electron chi connectivity index (χ1n) is 6.61. The lowest BCUT2D eigenvalue weighted by Crippen LogP contribution is -2.30. The topological polar surface area (TPSA) is 45.4 Å². The summed E-state index contributed by atoms with van der Waals surface area (Å²) in [7, 11) is 3.75. The number of hydrogen-bond donors (Lipinski definition) is 0. The van der Waals surface area contributed by atoms with Crippen LogP contribution in [0.5, 0.6) is 0 Å². The minimum atomic E-state index is -0.162. The van der Waals surface area contributed by atoms with E-state index in [0.717, 1.165) is 25.1 Å². The van der Waals surface area contributed by atoms with Gasteiger partial charge in [0, 0.05) is 27.2 Å². The van der Waals surface area contributed by atoms with Crippen molar-refractivity contribution < 1.29 is 8.91 Å². The van der Waals surface area contributed by atoms with Gasteiger partial charge in [-0.1, -0.05) is 6.07 Å². The summed E-state index contributed by atoms with van der Waals surface area (Å²) in [5, 5.41) is 3.90. The monoisotopic (exact) mass is 276 g/mol. The van der Waals surface area contributed by atoms with Crippen molar-refractivity contribution in [1.82, 2.24) is 15.0 Å². The fraction of sp³-hybridized carbons (Fsp3) is 0.429. The maximum Gasteiger partial charge on any atom is 0.265 e. The Hall–Kier alpha value is -1.95. The normalized spacial score (nSPS) is 15.2. The van der Waals surface area contributed by atoms with Crippen LogP contribution in [0.15, 0.2) is 22.7 Å². The number of hydrogen-bond acceptors (Lipinski definition) is 5. The van der Waals surface area contributed by atoms with Crippen molar-refractivity contribution in [2.24, 2.45) is 0 Å². The van der Waals surface area contributed by atoms with Gasteiger partial charge >= 0.3 is 0 Å². The van der Waals surface area contributed by atoms with Gasteiger partial charge in [-0.2, -0.15) is 4.98 Å². The second kappa shape index (κ2) is 5.20. The summed E-state index contributed by atoms with van der Waals surface area (Å²) in [6, 6.07) is 5.00. The second-order valence-corrected chi connectivity index (χ2v) is 5.26. The molecule has 1 aliphatic heterocycles. The molecule has 0 amide bonds. The van der Waals surface area contributed by atoms with Crippen LogP contribution in [0.4, 0.5) is 10.3 Å². The molecule has 3 rings (SSSR count). The molecule has 0 radical (unpaired) electrons. The second-order valence-electron chi connectivity index (χ2n) is 5.26. The Morgan fingerprint density at radius 2 is 2.20 bits per heavy atom. The van der Waals surface area contributed by atoms with Gasteiger partial charge in [0.15, 0.2) is 0 Å². The van der Waals surface area contributed by atoms with Gasteiger partial charge in [0.25, 0.3) is 5.95 Å². The van der Waals surface area contributed by atoms with E-state index in [1.807, 2.05) is 20.2 Å². The molecule has 2 heterocycles. The summed E-state index contributed by atoms with van der Waals surface area (Å²) in [4.78, 5) is 8.36. The van der Waals surface area contributed by atoms with Crippen molar-refractivity contribution in [3.63, 3.8) is 0 Å². The molecule has 1 aromatic heterocycles. The Balaban J connectivity index is 1.69. The van der Waals surface area contributed by atoms with E-state index in [2.05, 4.69) is 15.0 Å². The number of fused-ring (bicyclic) bond motifs is 1. The molecule has 0 saturated heterocycles. The van der Waals surface area contributed by atoms with Gasteiger partial charge in [-0.15, -0.1) is 0 Å². The molecule has 0 fully saturated rings. The van der Waals surface area contributed by atoms with Crippen molar-refractivity contribution in [2.75, 3.05) is 25.5 Å². The molecule has 5 nitrogen and oxygen atoms in total. The molecule has 2 aromatic rings. The Labute approximate surface area is 117 Å². The predicted octanol–water partition coefficient (Wildman–Crippen LogP) is 1.83. The molecule has 106 valence electrons. The van der Waals surface area contributed by atoms with Crippen LogP contribution in [0.25, 0.3) is 0 Å². The number of aromatic nitrogens is 2. The minimum Gasteiger partial charge on any atom is -0.344 e. The summed E-state index contributed by atoms with van der Waals surface area (Å²) in [5.41, 5.74) is 2.27. The van der Waals surface area contributed by atoms with Crippen LogP contribution in [0.2, 0.25) is 0 Å². The lowest BCUT2D eigenvalue weighted by atomic mass is 10.00. The molecule has 20 heavy (non-hydrogen) atoms. The van der Waals surface area contributed by atoms with Gasteiger partial charge in [-0.25, -0.2) is 4.39 Å². The first-order valence-corrected chi connectivity index (χ1v) is 6.61. The molecular weight excluding hydrogens is 259 g/mol. The van der Waals surface area contributed by atoms with Crippen LogP contribution in [-0.2, 0) is 19.5 Å². The number of nitrogens with zero attached hydrogens (tertiary/aromatic N) is 4. The quantitative estimate of drug-likeness (QED) is 0.856. The predicted molar refractivity (Wildman–Crippen MR) is 72.8 cm³/mol. The van der Waals surface area contributed by atoms with Crippen LogP contribution in [0.1, 0.15) is 17.0 Å². The van der Waals surface area contributed by atoms with Crippen LogP contribution < -0.4 is 4.90 Å². The Bertz CT molecular complexity index is 611. The van der Waals surface area contributed by atoms with Crippen molar-refractivity contribution in [3.05, 3.63) is 41.0 Å². The molecule has 0 saturated carbocycles. The summed E-state index contributed by atoms with van der Waals surface area (Å²) in [6.07, 6.45) is 0.849. The standard InChI is InChI=1S/C14H17FN4O/c1-18(2)14-16-13(20-17-14)9-19-6-5-10-7-12(15)4-3-11(10)8-19/h3-4,7H,5-6,8-9H2,1-2H3. The number of halogens is 1. The third kappa shape index (κ3) is 2.65. The maximum atomic E-state index is 13.2. The lowest BCUT2D eigenvalue weighted by molar-refractivity contribution is 0.210. The average Bonchev–Trinajstić information content (AvgIpc) is 2.88. The molecule has 0 aliphatic carbocycles. The Morgan fingerprint density at radius 1 is 1.35 bits per heavy atom. The highest BCUT2D eigenvalue weighted by Crippen LogP contribution is 2.21. The van der Waals surface area contributed by atoms with Crippen LogP contribution in [0.3, 0.4) is 0 Å². The summed E-state index contributed by atoms with van der Waals surface area (Å²) < 4.78 is 18.4. The molecule has 1 aliphatic rings. The van der Waals surface area contributed by atoms with E-state index in [-0.39, 0.29) is 5.82 Å². The van der Waals surface area contributed by atoms with E-state index in [1.165, 1.54) is 11.6 Å². The van der Waals surface area contributed by atoms with Gasteiger partial charge in [0.05, 0.1) is 6.54 Å². The molecule has 0 atom stereocenters. The van der Waals surface area contributed by atoms with E-state index in [1.54, 1.807) is 11.0 Å². The van der Waals surface area contributed by atoms with E-state index in [9.17, 15) is 4.39 Å². The van der Waals surface area contributed by atoms with Crippen LogP contribution in [-0.4, -0.2) is 35.7 Å². The third-order valence-corrected chi connectivity index (χ3v) is 3.48. The smallest absolute Gasteiger partial charge is 0.265 e. The van der Waals surface area contributed by atoms with Crippen LogP contribution in [0, 0.1) is 5.82 Å². The zero-order valence-corrected chi connectivity index (χ0v) is 11.6. The Morgan fingerprint density at radius 3 is 2.95 bits per heavy atom. The number of rotatable bonds is 3. The number of anilines is 1. The van der Waals surface area contributed by atoms with Crippen molar-refractivity contribution >= 4 is 5.95 Å². The van der Waals surface area contributed by atoms with Gasteiger partial charge in [0.1, 0.15) is 5.82 Å². The van der Waals surface area contributed by atoms with E-state index in [0.29, 0.717) is 18.4 Å². The molecule has 1 aromatic carbocycles. The van der Waals surface area contributed by atoms with Gasteiger partial charge < -0.3 is 9.42 Å². The first kappa shape index (κ1) is 13.1. The van der Waals surface area contributed by atoms with E-state index >= 15 is 0 Å². The summed E-state index contributed by atoms with van der Waals surface area (Å²) in [5.74, 6) is 1.03. The molecule has 6 heteroatoms. The SMILES string of the molecule is CN(C)c1noc(CN2CCc3cc(F)ccc3C2)n1. The summed E-state index contributed by atoms with van der Waals surface area (Å²) >= 11 is 0. The average molecular weight is 276 g/mol. The van der Waals surface area contributed by atoms with Crippen molar-refractivity contribution in [1.29, 1.82) is 0 Å². The third-order valence-electron chi connectivity index (χ3n) is 3.48. The molecule has 0 bridgehead atoms. The Kier molecular flexibility index (Phi) is 3.40. The van der Waals surface area contributed by atoms with Crippen LogP contribution >= 0.6 is 0 Å². The highest BCUT2D eigenvalue weighted by Gasteiger charge is 2.19. The number of benzene rings is 1. The molecule has 0 spiro atoms. The molecule has 0 N–H and O–H groups in total.